The van der Waals surface area contributed by atoms with Gasteiger partial charge in [-0.15, -0.1) is 6.42 Å². The maximum Gasteiger partial charge on any atom is 0.316 e. The fraction of sp³-hybridized carbons (Fsp3) is 0.727. The summed E-state index contributed by atoms with van der Waals surface area (Å²) in [4.78, 5) is 11.5. The van der Waals surface area contributed by atoms with Crippen LogP contribution in [0.5, 0.6) is 0 Å². The van der Waals surface area contributed by atoms with Gasteiger partial charge in [-0.05, 0) is 18.1 Å². The maximum atomic E-state index is 11.5. The average molecular weight is 226 g/mol. The zero-order chi connectivity index (χ0) is 11.3. The number of thioether (sulfide) groups is 1. The minimum Gasteiger partial charge on any atom is -0.335 e. The van der Waals surface area contributed by atoms with Crippen molar-refractivity contribution < 1.29 is 4.79 Å². The quantitative estimate of drug-likeness (QED) is 0.715. The van der Waals surface area contributed by atoms with Crippen LogP contribution in [0.4, 0.5) is 4.79 Å². The molecule has 2 atom stereocenters. The molecular weight excluding hydrogens is 208 g/mol. The van der Waals surface area contributed by atoms with Crippen LogP contribution in [0.2, 0.25) is 0 Å². The lowest BCUT2D eigenvalue weighted by Crippen LogP contribution is -2.47. The van der Waals surface area contributed by atoms with Gasteiger partial charge in [0.1, 0.15) is 0 Å². The van der Waals surface area contributed by atoms with Crippen molar-refractivity contribution in [2.75, 3.05) is 11.5 Å². The first kappa shape index (κ1) is 12.3. The third-order valence-corrected chi connectivity index (χ3v) is 3.56. The van der Waals surface area contributed by atoms with Gasteiger partial charge in [0, 0.05) is 11.8 Å². The lowest BCUT2D eigenvalue weighted by Gasteiger charge is -2.19. The van der Waals surface area contributed by atoms with Crippen molar-refractivity contribution in [3.63, 3.8) is 0 Å². The van der Waals surface area contributed by atoms with Crippen LogP contribution >= 0.6 is 11.8 Å². The van der Waals surface area contributed by atoms with Crippen LogP contribution < -0.4 is 10.6 Å². The first-order chi connectivity index (χ1) is 7.13. The van der Waals surface area contributed by atoms with E-state index < -0.39 is 0 Å². The fourth-order valence-corrected chi connectivity index (χ4v) is 2.57. The molecule has 1 saturated heterocycles. The van der Waals surface area contributed by atoms with Gasteiger partial charge in [0.05, 0.1) is 6.04 Å². The van der Waals surface area contributed by atoms with Crippen molar-refractivity contribution in [2.24, 2.45) is 5.92 Å². The molecule has 4 heteroatoms. The van der Waals surface area contributed by atoms with Gasteiger partial charge in [-0.2, -0.15) is 11.8 Å². The van der Waals surface area contributed by atoms with Gasteiger partial charge in [-0.3, -0.25) is 0 Å². The van der Waals surface area contributed by atoms with E-state index in [0.717, 1.165) is 17.9 Å². The molecule has 0 aromatic rings. The Kier molecular flexibility index (Phi) is 4.83. The first-order valence-electron chi connectivity index (χ1n) is 5.24. The lowest BCUT2D eigenvalue weighted by molar-refractivity contribution is 0.234. The second kappa shape index (κ2) is 5.92. The third-order valence-electron chi connectivity index (χ3n) is 2.40. The van der Waals surface area contributed by atoms with Crippen LogP contribution in [-0.2, 0) is 0 Å². The molecule has 2 N–H and O–H groups in total. The van der Waals surface area contributed by atoms with E-state index in [1.165, 1.54) is 0 Å². The number of rotatable bonds is 3. The van der Waals surface area contributed by atoms with E-state index >= 15 is 0 Å². The van der Waals surface area contributed by atoms with E-state index in [4.69, 9.17) is 6.42 Å². The Labute approximate surface area is 95.8 Å². The van der Waals surface area contributed by atoms with Gasteiger partial charge in [0.15, 0.2) is 0 Å². The SMILES string of the molecule is C#C[C@@H](NC(=O)N[C@H]1CCSC1)C(C)C. The van der Waals surface area contributed by atoms with Crippen molar-refractivity contribution in [3.05, 3.63) is 0 Å². The largest absolute Gasteiger partial charge is 0.335 e. The van der Waals surface area contributed by atoms with Gasteiger partial charge in [-0.25, -0.2) is 4.79 Å². The number of carbonyl (C=O) groups excluding carboxylic acids is 1. The summed E-state index contributed by atoms with van der Waals surface area (Å²) in [5.41, 5.74) is 0. The van der Waals surface area contributed by atoms with Crippen LogP contribution in [0.1, 0.15) is 20.3 Å². The van der Waals surface area contributed by atoms with Crippen molar-refractivity contribution in [1.82, 2.24) is 10.6 Å². The smallest absolute Gasteiger partial charge is 0.316 e. The normalized spacial score (nSPS) is 22.1. The highest BCUT2D eigenvalue weighted by Crippen LogP contribution is 2.16. The highest BCUT2D eigenvalue weighted by Gasteiger charge is 2.19. The van der Waals surface area contributed by atoms with Gasteiger partial charge < -0.3 is 10.6 Å². The minimum absolute atomic E-state index is 0.140. The molecule has 1 aliphatic heterocycles. The number of urea groups is 1. The van der Waals surface area contributed by atoms with Crippen molar-refractivity contribution in [3.8, 4) is 12.3 Å². The monoisotopic (exact) mass is 226 g/mol. The van der Waals surface area contributed by atoms with Gasteiger partial charge >= 0.3 is 6.03 Å². The van der Waals surface area contributed by atoms with Crippen LogP contribution in [0.15, 0.2) is 0 Å². The molecule has 0 saturated carbocycles. The molecule has 0 aromatic carbocycles. The summed E-state index contributed by atoms with van der Waals surface area (Å²) >= 11 is 1.87. The summed E-state index contributed by atoms with van der Waals surface area (Å²) in [5.74, 6) is 4.99. The number of terminal acetylenes is 1. The Hall–Kier alpha value is -0.820. The molecule has 1 fully saturated rings. The van der Waals surface area contributed by atoms with Crippen LogP contribution in [-0.4, -0.2) is 29.6 Å². The molecule has 0 unspecified atom stereocenters. The number of nitrogens with one attached hydrogen (secondary N) is 2. The Bertz CT molecular complexity index is 254. The molecule has 3 nitrogen and oxygen atoms in total. The molecule has 15 heavy (non-hydrogen) atoms. The summed E-state index contributed by atoms with van der Waals surface area (Å²) in [6.45, 7) is 3.99. The minimum atomic E-state index is -0.181. The second-order valence-corrected chi connectivity index (χ2v) is 5.22. The molecule has 1 heterocycles. The summed E-state index contributed by atoms with van der Waals surface area (Å²) in [6, 6.07) is -0.0150. The average Bonchev–Trinajstić information content (AvgIpc) is 2.66. The van der Waals surface area contributed by atoms with Crippen molar-refractivity contribution >= 4 is 17.8 Å². The summed E-state index contributed by atoms with van der Waals surface area (Å²) in [5, 5.41) is 5.73. The molecule has 1 rings (SSSR count). The Morgan fingerprint density at radius 3 is 2.80 bits per heavy atom. The number of hydrogen-bond donors (Lipinski definition) is 2. The molecule has 0 radical (unpaired) electrons. The third kappa shape index (κ3) is 4.05. The number of carbonyl (C=O) groups is 1. The van der Waals surface area contributed by atoms with E-state index in [1.807, 2.05) is 25.6 Å². The summed E-state index contributed by atoms with van der Waals surface area (Å²) in [6.07, 6.45) is 6.39. The van der Waals surface area contributed by atoms with Crippen molar-refractivity contribution in [2.45, 2.75) is 32.4 Å². The summed E-state index contributed by atoms with van der Waals surface area (Å²) < 4.78 is 0. The maximum absolute atomic E-state index is 11.5. The van der Waals surface area contributed by atoms with E-state index in [1.54, 1.807) is 0 Å². The molecular formula is C11H18N2OS. The summed E-state index contributed by atoms with van der Waals surface area (Å²) in [7, 11) is 0. The van der Waals surface area contributed by atoms with Gasteiger partial charge in [-0.1, -0.05) is 19.8 Å². The zero-order valence-corrected chi connectivity index (χ0v) is 10.1. The van der Waals surface area contributed by atoms with Crippen LogP contribution in [0.3, 0.4) is 0 Å². The topological polar surface area (TPSA) is 41.1 Å². The molecule has 2 amide bonds. The van der Waals surface area contributed by atoms with Crippen molar-refractivity contribution in [1.29, 1.82) is 0 Å². The zero-order valence-electron chi connectivity index (χ0n) is 9.25. The molecule has 84 valence electrons. The standard InChI is InChI=1S/C11H18N2OS/c1-4-10(8(2)3)13-11(14)12-9-5-6-15-7-9/h1,8-10H,5-7H2,2-3H3,(H2,12,13,14)/t9-,10+/m0/s1. The number of amides is 2. The van der Waals surface area contributed by atoms with Gasteiger partial charge in [0.2, 0.25) is 0 Å². The molecule has 0 bridgehead atoms. The van der Waals surface area contributed by atoms with Crippen LogP contribution in [0.25, 0.3) is 0 Å². The predicted octanol–water partition coefficient (Wildman–Crippen LogP) is 1.45. The molecule has 0 aliphatic carbocycles. The Balaban J connectivity index is 2.31. The highest BCUT2D eigenvalue weighted by atomic mass is 32.2. The highest BCUT2D eigenvalue weighted by molar-refractivity contribution is 7.99. The van der Waals surface area contributed by atoms with Crippen LogP contribution in [0, 0.1) is 18.3 Å². The van der Waals surface area contributed by atoms with Gasteiger partial charge in [0.25, 0.3) is 0 Å². The Morgan fingerprint density at radius 1 is 1.60 bits per heavy atom. The van der Waals surface area contributed by atoms with E-state index in [2.05, 4.69) is 16.6 Å². The predicted molar refractivity (Wildman–Crippen MR) is 64.9 cm³/mol. The van der Waals surface area contributed by atoms with E-state index in [9.17, 15) is 4.79 Å². The Morgan fingerprint density at radius 2 is 2.33 bits per heavy atom. The molecule has 0 aromatic heterocycles. The number of hydrogen-bond acceptors (Lipinski definition) is 2. The van der Waals surface area contributed by atoms with E-state index in [-0.39, 0.29) is 18.0 Å². The first-order valence-corrected chi connectivity index (χ1v) is 6.40. The fourth-order valence-electron chi connectivity index (χ4n) is 1.42. The lowest BCUT2D eigenvalue weighted by atomic mass is 10.1. The molecule has 1 aliphatic rings. The van der Waals surface area contributed by atoms with E-state index in [0.29, 0.717) is 6.04 Å². The second-order valence-electron chi connectivity index (χ2n) is 4.07. The molecule has 0 spiro atoms.